The molecule has 0 spiro atoms. The van der Waals surface area contributed by atoms with Gasteiger partial charge in [0.2, 0.25) is 0 Å². The van der Waals surface area contributed by atoms with Crippen molar-refractivity contribution in [2.75, 3.05) is 6.61 Å². The second kappa shape index (κ2) is 9.96. The van der Waals surface area contributed by atoms with E-state index in [1.807, 2.05) is 0 Å². The lowest BCUT2D eigenvalue weighted by Gasteiger charge is -2.11. The molecule has 0 unspecified atom stereocenters. The summed E-state index contributed by atoms with van der Waals surface area (Å²) < 4.78 is 6.69. The molecule has 0 aliphatic rings. The van der Waals surface area contributed by atoms with Crippen molar-refractivity contribution in [2.45, 2.75) is 6.54 Å². The number of amides is 2. The molecule has 154 valence electrons. The Balaban J connectivity index is 1.55. The Kier molecular flexibility index (Phi) is 7.11. The van der Waals surface area contributed by atoms with Crippen molar-refractivity contribution in [1.29, 1.82) is 0 Å². The Morgan fingerprint density at radius 2 is 1.50 bits per heavy atom. The molecule has 0 radical (unpaired) electrons. The number of carbonyl (C=O) groups excluding carboxylic acids is 2. The van der Waals surface area contributed by atoms with E-state index in [1.54, 1.807) is 48.5 Å². The van der Waals surface area contributed by atoms with Crippen molar-refractivity contribution >= 4 is 35.0 Å². The smallest absolute Gasteiger partial charge is 0.276 e. The molecule has 1 aromatic heterocycles. The van der Waals surface area contributed by atoms with E-state index < -0.39 is 11.8 Å². The molecular weight excluding hydrogens is 429 g/mol. The van der Waals surface area contributed by atoms with Crippen LogP contribution in [0.4, 0.5) is 0 Å². The summed E-state index contributed by atoms with van der Waals surface area (Å²) in [7, 11) is 0. The summed E-state index contributed by atoms with van der Waals surface area (Å²) in [6.07, 6.45) is 1.42. The van der Waals surface area contributed by atoms with Gasteiger partial charge in [-0.2, -0.15) is 0 Å². The van der Waals surface area contributed by atoms with Gasteiger partial charge >= 0.3 is 0 Å². The molecule has 0 saturated carbocycles. The zero-order valence-corrected chi connectivity index (χ0v) is 17.1. The first-order valence-corrected chi connectivity index (χ1v) is 9.59. The van der Waals surface area contributed by atoms with Crippen molar-refractivity contribution in [3.8, 4) is 5.75 Å². The fourth-order valence-electron chi connectivity index (χ4n) is 2.49. The van der Waals surface area contributed by atoms with Crippen LogP contribution in [0.5, 0.6) is 5.75 Å². The summed E-state index contributed by atoms with van der Waals surface area (Å²) in [5, 5.41) is 1.14. The third-order valence-corrected chi connectivity index (χ3v) is 4.51. The fraction of sp³-hybridized carbons (Fsp3) is 0.0952. The van der Waals surface area contributed by atoms with E-state index in [0.29, 0.717) is 15.8 Å². The molecule has 2 amide bonds. The molecule has 3 aromatic rings. The molecule has 3 rings (SSSR count). The van der Waals surface area contributed by atoms with E-state index in [0.717, 1.165) is 5.56 Å². The number of hydrogen-bond acceptors (Lipinski definition) is 4. The highest BCUT2D eigenvalue weighted by Crippen LogP contribution is 2.15. The van der Waals surface area contributed by atoms with Gasteiger partial charge < -0.3 is 9.30 Å². The Bertz CT molecular complexity index is 1100. The van der Waals surface area contributed by atoms with Gasteiger partial charge in [-0.1, -0.05) is 35.3 Å². The van der Waals surface area contributed by atoms with Gasteiger partial charge in [0.15, 0.2) is 6.61 Å². The number of nitrogens with zero attached hydrogens (tertiary/aromatic N) is 1. The van der Waals surface area contributed by atoms with Crippen molar-refractivity contribution in [2.24, 2.45) is 0 Å². The highest BCUT2D eigenvalue weighted by atomic mass is 35.5. The van der Waals surface area contributed by atoms with Crippen molar-refractivity contribution in [1.82, 2.24) is 15.4 Å². The standard InChI is InChI=1S/C21H17Cl2N3O4/c22-16-4-1-14(2-5-16)11-26-12-15(3-10-20(26)28)21(29)25-24-19(27)13-30-18-8-6-17(23)7-9-18/h1-10,12H,11,13H2,(H,24,27)(H,25,29). The van der Waals surface area contributed by atoms with E-state index in [9.17, 15) is 14.4 Å². The number of benzene rings is 2. The second-order valence-electron chi connectivity index (χ2n) is 6.26. The van der Waals surface area contributed by atoms with Gasteiger partial charge in [0.05, 0.1) is 12.1 Å². The number of halogens is 2. The van der Waals surface area contributed by atoms with Crippen LogP contribution in [-0.4, -0.2) is 23.0 Å². The quantitative estimate of drug-likeness (QED) is 0.570. The molecule has 0 atom stereocenters. The number of ether oxygens (including phenoxy) is 1. The number of hydrazine groups is 1. The van der Waals surface area contributed by atoms with E-state index in [1.165, 1.54) is 22.9 Å². The number of carbonyl (C=O) groups is 2. The summed E-state index contributed by atoms with van der Waals surface area (Å²) >= 11 is 11.6. The van der Waals surface area contributed by atoms with Gasteiger partial charge in [0.1, 0.15) is 5.75 Å². The van der Waals surface area contributed by atoms with Gasteiger partial charge in [-0.15, -0.1) is 0 Å². The summed E-state index contributed by atoms with van der Waals surface area (Å²) in [5.74, 6) is -0.650. The highest BCUT2D eigenvalue weighted by molar-refractivity contribution is 6.30. The molecule has 2 N–H and O–H groups in total. The predicted octanol–water partition coefficient (Wildman–Crippen LogP) is 3.04. The SMILES string of the molecule is O=C(COc1ccc(Cl)cc1)NNC(=O)c1ccc(=O)n(Cc2ccc(Cl)cc2)c1. The van der Waals surface area contributed by atoms with Crippen LogP contribution in [0.3, 0.4) is 0 Å². The molecular formula is C21H17Cl2N3O4. The first kappa shape index (κ1) is 21.4. The first-order chi connectivity index (χ1) is 14.4. The van der Waals surface area contributed by atoms with Crippen LogP contribution in [0, 0.1) is 0 Å². The van der Waals surface area contributed by atoms with Crippen LogP contribution >= 0.6 is 23.2 Å². The molecule has 0 aliphatic carbocycles. The largest absolute Gasteiger partial charge is 0.484 e. The van der Waals surface area contributed by atoms with Crippen LogP contribution < -0.4 is 21.1 Å². The van der Waals surface area contributed by atoms with Crippen LogP contribution in [0.15, 0.2) is 71.7 Å². The minimum Gasteiger partial charge on any atom is -0.484 e. The molecule has 0 bridgehead atoms. The number of nitrogens with one attached hydrogen (secondary N) is 2. The number of pyridine rings is 1. The lowest BCUT2D eigenvalue weighted by Crippen LogP contribution is -2.44. The van der Waals surface area contributed by atoms with Gasteiger partial charge in [-0.05, 0) is 48.0 Å². The number of hydrogen-bond donors (Lipinski definition) is 2. The van der Waals surface area contributed by atoms with Crippen molar-refractivity contribution in [3.05, 3.63) is 98.4 Å². The van der Waals surface area contributed by atoms with Crippen LogP contribution in [0.25, 0.3) is 0 Å². The molecule has 0 aliphatic heterocycles. The highest BCUT2D eigenvalue weighted by Gasteiger charge is 2.10. The summed E-state index contributed by atoms with van der Waals surface area (Å²) in [6.45, 7) is -0.0175. The molecule has 0 fully saturated rings. The molecule has 30 heavy (non-hydrogen) atoms. The monoisotopic (exact) mass is 445 g/mol. The Labute approximate surface area is 182 Å². The van der Waals surface area contributed by atoms with Crippen LogP contribution in [0.2, 0.25) is 10.0 Å². The molecule has 1 heterocycles. The predicted molar refractivity (Wildman–Crippen MR) is 114 cm³/mol. The van der Waals surface area contributed by atoms with E-state index in [-0.39, 0.29) is 24.3 Å². The van der Waals surface area contributed by atoms with Gasteiger partial charge in [0, 0.05) is 22.3 Å². The molecule has 0 saturated heterocycles. The second-order valence-corrected chi connectivity index (χ2v) is 7.13. The average molecular weight is 446 g/mol. The lowest BCUT2D eigenvalue weighted by atomic mass is 10.2. The van der Waals surface area contributed by atoms with Crippen molar-refractivity contribution in [3.63, 3.8) is 0 Å². The number of aromatic nitrogens is 1. The van der Waals surface area contributed by atoms with E-state index in [4.69, 9.17) is 27.9 Å². The fourth-order valence-corrected chi connectivity index (χ4v) is 2.74. The average Bonchev–Trinajstić information content (AvgIpc) is 2.74. The summed E-state index contributed by atoms with van der Waals surface area (Å²) in [5.41, 5.74) is 5.35. The van der Waals surface area contributed by atoms with Gasteiger partial charge in [-0.3, -0.25) is 25.2 Å². The van der Waals surface area contributed by atoms with Gasteiger partial charge in [0.25, 0.3) is 17.4 Å². The zero-order chi connectivity index (χ0) is 21.5. The molecule has 7 nitrogen and oxygen atoms in total. The zero-order valence-electron chi connectivity index (χ0n) is 15.6. The third-order valence-electron chi connectivity index (χ3n) is 4.01. The Morgan fingerprint density at radius 3 is 2.17 bits per heavy atom. The normalized spacial score (nSPS) is 10.3. The topological polar surface area (TPSA) is 89.4 Å². The van der Waals surface area contributed by atoms with Crippen molar-refractivity contribution < 1.29 is 14.3 Å². The third kappa shape index (κ3) is 6.10. The van der Waals surface area contributed by atoms with Crippen LogP contribution in [0.1, 0.15) is 15.9 Å². The molecule has 9 heteroatoms. The Morgan fingerprint density at radius 1 is 0.867 bits per heavy atom. The maximum Gasteiger partial charge on any atom is 0.276 e. The maximum atomic E-state index is 12.3. The number of rotatable bonds is 6. The summed E-state index contributed by atoms with van der Waals surface area (Å²) in [4.78, 5) is 36.3. The first-order valence-electron chi connectivity index (χ1n) is 8.83. The van der Waals surface area contributed by atoms with Crippen LogP contribution in [-0.2, 0) is 11.3 Å². The van der Waals surface area contributed by atoms with E-state index >= 15 is 0 Å². The summed E-state index contributed by atoms with van der Waals surface area (Å²) in [6, 6.07) is 16.2. The van der Waals surface area contributed by atoms with E-state index in [2.05, 4.69) is 10.9 Å². The molecule has 2 aromatic carbocycles. The minimum absolute atomic E-state index is 0.211. The lowest BCUT2D eigenvalue weighted by molar-refractivity contribution is -0.123. The Hall–Kier alpha value is -3.29. The van der Waals surface area contributed by atoms with Gasteiger partial charge in [-0.25, -0.2) is 0 Å². The minimum atomic E-state index is -0.570. The maximum absolute atomic E-state index is 12.3.